The number of carbonyl (C=O) groups excluding carboxylic acids is 1. The highest BCUT2D eigenvalue weighted by Gasteiger charge is 2.28. The molecule has 1 saturated heterocycles. The molecule has 1 atom stereocenters. The number of carbonyl (C=O) groups is 1. The zero-order valence-corrected chi connectivity index (χ0v) is 14.5. The van der Waals surface area contributed by atoms with Crippen LogP contribution in [0.15, 0.2) is 34.9 Å². The van der Waals surface area contributed by atoms with E-state index in [2.05, 4.69) is 15.5 Å². The fraction of sp³-hybridized carbons (Fsp3) is 0.500. The van der Waals surface area contributed by atoms with Crippen molar-refractivity contribution in [2.24, 2.45) is 0 Å². The van der Waals surface area contributed by atoms with E-state index in [1.807, 2.05) is 30.3 Å². The summed E-state index contributed by atoms with van der Waals surface area (Å²) in [5, 5.41) is 6.70. The number of ether oxygens (including phenoxy) is 1. The predicted octanol–water partition coefficient (Wildman–Crippen LogP) is 2.35. The van der Waals surface area contributed by atoms with Gasteiger partial charge in [0.05, 0.1) is 19.1 Å². The molecule has 2 amide bonds. The highest BCUT2D eigenvalue weighted by atomic mass is 16.5. The monoisotopic (exact) mass is 344 g/mol. The second-order valence-electron chi connectivity index (χ2n) is 6.18. The Labute approximate surface area is 147 Å². The molecular weight excluding hydrogens is 320 g/mol. The van der Waals surface area contributed by atoms with Gasteiger partial charge in [-0.15, -0.1) is 0 Å². The number of nitrogens with one attached hydrogen (secondary N) is 1. The normalized spacial score (nSPS) is 17.5. The van der Waals surface area contributed by atoms with Crippen molar-refractivity contribution in [3.63, 3.8) is 0 Å². The molecule has 2 aromatic rings. The third-order valence-electron chi connectivity index (χ3n) is 4.34. The third kappa shape index (κ3) is 4.79. The Kier molecular flexibility index (Phi) is 6.00. The standard InChI is InChI=1S/C18H24N4O3/c1-19-18(23)22-10-5-8-15(12-22)17-20-16(21-25-17)9-11-24-13-14-6-3-2-4-7-14/h2-4,6-7,15H,5,8-13H2,1H3,(H,19,23). The van der Waals surface area contributed by atoms with Crippen LogP contribution in [0.25, 0.3) is 0 Å². The summed E-state index contributed by atoms with van der Waals surface area (Å²) < 4.78 is 11.1. The fourth-order valence-corrected chi connectivity index (χ4v) is 2.98. The molecule has 1 unspecified atom stereocenters. The lowest BCUT2D eigenvalue weighted by Gasteiger charge is -2.30. The summed E-state index contributed by atoms with van der Waals surface area (Å²) in [5.41, 5.74) is 1.15. The van der Waals surface area contributed by atoms with Crippen LogP contribution >= 0.6 is 0 Å². The number of likely N-dealkylation sites (tertiary alicyclic amines) is 1. The first kappa shape index (κ1) is 17.4. The first-order chi connectivity index (χ1) is 12.3. The first-order valence-electron chi connectivity index (χ1n) is 8.67. The Morgan fingerprint density at radius 3 is 3.04 bits per heavy atom. The van der Waals surface area contributed by atoms with E-state index >= 15 is 0 Å². The van der Waals surface area contributed by atoms with E-state index in [9.17, 15) is 4.79 Å². The summed E-state index contributed by atoms with van der Waals surface area (Å²) in [7, 11) is 1.65. The second kappa shape index (κ2) is 8.62. The maximum atomic E-state index is 11.8. The van der Waals surface area contributed by atoms with E-state index in [0.717, 1.165) is 24.9 Å². The van der Waals surface area contributed by atoms with Gasteiger partial charge in [0.1, 0.15) is 0 Å². The van der Waals surface area contributed by atoms with Crippen LogP contribution in [0.3, 0.4) is 0 Å². The molecule has 0 aliphatic carbocycles. The van der Waals surface area contributed by atoms with Crippen LogP contribution < -0.4 is 5.32 Å². The molecule has 3 rings (SSSR count). The maximum Gasteiger partial charge on any atom is 0.317 e. The largest absolute Gasteiger partial charge is 0.376 e. The Balaban J connectivity index is 1.46. The van der Waals surface area contributed by atoms with Crippen molar-refractivity contribution >= 4 is 6.03 Å². The minimum Gasteiger partial charge on any atom is -0.376 e. The summed E-state index contributed by atoms with van der Waals surface area (Å²) in [6.45, 7) is 2.51. The van der Waals surface area contributed by atoms with Crippen LogP contribution in [0, 0.1) is 0 Å². The highest BCUT2D eigenvalue weighted by molar-refractivity contribution is 5.73. The number of hydrogen-bond donors (Lipinski definition) is 1. The lowest BCUT2D eigenvalue weighted by Crippen LogP contribution is -2.43. The molecule has 0 saturated carbocycles. The molecule has 7 nitrogen and oxygen atoms in total. The topological polar surface area (TPSA) is 80.5 Å². The lowest BCUT2D eigenvalue weighted by molar-refractivity contribution is 0.122. The quantitative estimate of drug-likeness (QED) is 0.814. The third-order valence-corrected chi connectivity index (χ3v) is 4.34. The van der Waals surface area contributed by atoms with Crippen molar-refractivity contribution in [2.45, 2.75) is 31.8 Å². The van der Waals surface area contributed by atoms with Gasteiger partial charge < -0.3 is 19.5 Å². The van der Waals surface area contributed by atoms with E-state index in [4.69, 9.17) is 9.26 Å². The highest BCUT2D eigenvalue weighted by Crippen LogP contribution is 2.25. The van der Waals surface area contributed by atoms with Crippen LogP contribution in [-0.2, 0) is 17.8 Å². The predicted molar refractivity (Wildman–Crippen MR) is 92.1 cm³/mol. The average Bonchev–Trinajstić information content (AvgIpc) is 3.14. The van der Waals surface area contributed by atoms with Gasteiger partial charge in [-0.2, -0.15) is 4.98 Å². The molecule has 1 aliphatic rings. The number of rotatable bonds is 6. The molecule has 0 bridgehead atoms. The zero-order valence-electron chi connectivity index (χ0n) is 14.5. The van der Waals surface area contributed by atoms with E-state index in [1.54, 1.807) is 11.9 Å². The lowest BCUT2D eigenvalue weighted by atomic mass is 9.98. The molecule has 134 valence electrons. The van der Waals surface area contributed by atoms with E-state index in [1.165, 1.54) is 0 Å². The minimum absolute atomic E-state index is 0.0567. The van der Waals surface area contributed by atoms with Crippen LogP contribution in [0.1, 0.15) is 36.0 Å². The number of nitrogens with zero attached hydrogens (tertiary/aromatic N) is 3. The SMILES string of the molecule is CNC(=O)N1CCCC(c2nc(CCOCc3ccccc3)no2)C1. The Hall–Kier alpha value is -2.41. The van der Waals surface area contributed by atoms with Crippen molar-refractivity contribution < 1.29 is 14.1 Å². The Morgan fingerprint density at radius 1 is 1.40 bits per heavy atom. The van der Waals surface area contributed by atoms with Crippen molar-refractivity contribution in [3.8, 4) is 0 Å². The van der Waals surface area contributed by atoms with Gasteiger partial charge in [0.2, 0.25) is 5.89 Å². The molecule has 7 heteroatoms. The van der Waals surface area contributed by atoms with E-state index in [-0.39, 0.29) is 11.9 Å². The summed E-state index contributed by atoms with van der Waals surface area (Å²) in [4.78, 5) is 18.0. The summed E-state index contributed by atoms with van der Waals surface area (Å²) in [6, 6.07) is 9.99. The van der Waals surface area contributed by atoms with Crippen molar-refractivity contribution in [2.75, 3.05) is 26.7 Å². The Morgan fingerprint density at radius 2 is 2.24 bits per heavy atom. The van der Waals surface area contributed by atoms with Gasteiger partial charge in [0.25, 0.3) is 0 Å². The van der Waals surface area contributed by atoms with E-state index < -0.39 is 0 Å². The van der Waals surface area contributed by atoms with Gasteiger partial charge in [0.15, 0.2) is 5.82 Å². The first-order valence-corrected chi connectivity index (χ1v) is 8.67. The molecular formula is C18H24N4O3. The van der Waals surface area contributed by atoms with Gasteiger partial charge in [-0.25, -0.2) is 4.79 Å². The number of amides is 2. The number of piperidine rings is 1. The molecule has 1 aromatic carbocycles. The molecule has 1 N–H and O–H groups in total. The van der Waals surface area contributed by atoms with Crippen molar-refractivity contribution in [3.05, 3.63) is 47.6 Å². The zero-order chi connectivity index (χ0) is 17.5. The summed E-state index contributed by atoms with van der Waals surface area (Å²) >= 11 is 0. The minimum atomic E-state index is -0.0567. The van der Waals surface area contributed by atoms with Crippen LogP contribution in [-0.4, -0.2) is 47.8 Å². The smallest absolute Gasteiger partial charge is 0.317 e. The molecule has 1 fully saturated rings. The van der Waals surface area contributed by atoms with Gasteiger partial charge in [-0.05, 0) is 18.4 Å². The summed E-state index contributed by atoms with van der Waals surface area (Å²) in [5.74, 6) is 1.38. The van der Waals surface area contributed by atoms with Crippen molar-refractivity contribution in [1.82, 2.24) is 20.4 Å². The van der Waals surface area contributed by atoms with E-state index in [0.29, 0.717) is 37.9 Å². The number of urea groups is 1. The number of benzene rings is 1. The van der Waals surface area contributed by atoms with Crippen LogP contribution in [0.5, 0.6) is 0 Å². The van der Waals surface area contributed by atoms with Crippen LogP contribution in [0.4, 0.5) is 4.79 Å². The summed E-state index contributed by atoms with van der Waals surface area (Å²) in [6.07, 6.45) is 2.51. The number of aromatic nitrogens is 2. The molecule has 1 aliphatic heterocycles. The molecule has 1 aromatic heterocycles. The van der Waals surface area contributed by atoms with Gasteiger partial charge in [0, 0.05) is 26.6 Å². The van der Waals surface area contributed by atoms with Gasteiger partial charge in [-0.1, -0.05) is 35.5 Å². The fourth-order valence-electron chi connectivity index (χ4n) is 2.98. The van der Waals surface area contributed by atoms with Gasteiger partial charge >= 0.3 is 6.03 Å². The maximum absolute atomic E-state index is 11.8. The second-order valence-corrected chi connectivity index (χ2v) is 6.18. The molecule has 25 heavy (non-hydrogen) atoms. The Bertz CT molecular complexity index is 674. The van der Waals surface area contributed by atoms with Crippen molar-refractivity contribution in [1.29, 1.82) is 0 Å². The van der Waals surface area contributed by atoms with Gasteiger partial charge in [-0.3, -0.25) is 0 Å². The molecule has 0 spiro atoms. The van der Waals surface area contributed by atoms with Crippen LogP contribution in [0.2, 0.25) is 0 Å². The molecule has 2 heterocycles. The average molecular weight is 344 g/mol. The number of hydrogen-bond acceptors (Lipinski definition) is 5. The molecule has 0 radical (unpaired) electrons.